The Hall–Kier alpha value is -0.560. The van der Waals surface area contributed by atoms with Gasteiger partial charge in [0, 0.05) is 4.88 Å². The first-order valence-electron chi connectivity index (χ1n) is 5.33. The summed E-state index contributed by atoms with van der Waals surface area (Å²) in [5.41, 5.74) is 1.90. The van der Waals surface area contributed by atoms with Gasteiger partial charge in [0.05, 0.1) is 0 Å². The summed E-state index contributed by atoms with van der Waals surface area (Å²) in [6, 6.07) is 4.40. The topological polar surface area (TPSA) is 0 Å². The van der Waals surface area contributed by atoms with E-state index in [1.165, 1.54) is 17.7 Å². The van der Waals surface area contributed by atoms with Crippen LogP contribution >= 0.6 is 11.3 Å². The summed E-state index contributed by atoms with van der Waals surface area (Å²) in [5, 5.41) is 2.17. The third kappa shape index (κ3) is 2.48. The largest absolute Gasteiger partial charge is 0.144 e. The number of allylic oxidation sites excluding steroid dienone is 2. The molecule has 14 heavy (non-hydrogen) atoms. The Morgan fingerprint density at radius 2 is 2.14 bits per heavy atom. The van der Waals surface area contributed by atoms with Crippen LogP contribution in [-0.4, -0.2) is 0 Å². The minimum atomic E-state index is 0.307. The van der Waals surface area contributed by atoms with Crippen molar-refractivity contribution in [1.82, 2.24) is 0 Å². The number of hydrogen-bond acceptors (Lipinski definition) is 1. The van der Waals surface area contributed by atoms with Gasteiger partial charge in [-0.1, -0.05) is 32.9 Å². The maximum Gasteiger partial charge on any atom is 0.0302 e. The van der Waals surface area contributed by atoms with Crippen molar-refractivity contribution in [2.24, 2.45) is 11.3 Å². The SMILES string of the molecule is CC(C)(C)/C=C(/c1cccs1)C1CC1. The monoisotopic (exact) mass is 206 g/mol. The van der Waals surface area contributed by atoms with Gasteiger partial charge in [-0.2, -0.15) is 0 Å². The molecule has 0 amide bonds. The molecule has 0 aliphatic heterocycles. The Morgan fingerprint density at radius 1 is 1.43 bits per heavy atom. The molecule has 0 unspecified atom stereocenters. The molecule has 0 saturated heterocycles. The van der Waals surface area contributed by atoms with Crippen LogP contribution in [0.25, 0.3) is 5.57 Å². The van der Waals surface area contributed by atoms with Gasteiger partial charge in [0.2, 0.25) is 0 Å². The van der Waals surface area contributed by atoms with Gasteiger partial charge in [-0.15, -0.1) is 11.3 Å². The fourth-order valence-corrected chi connectivity index (χ4v) is 2.52. The van der Waals surface area contributed by atoms with E-state index < -0.39 is 0 Å². The molecule has 0 nitrogen and oxygen atoms in total. The summed E-state index contributed by atoms with van der Waals surface area (Å²) >= 11 is 1.87. The normalized spacial score (nSPS) is 18.6. The average Bonchev–Trinajstić information content (AvgIpc) is 2.75. The molecule has 1 aromatic heterocycles. The van der Waals surface area contributed by atoms with E-state index in [2.05, 4.69) is 44.4 Å². The molecule has 1 aromatic rings. The molecule has 76 valence electrons. The Kier molecular flexibility index (Phi) is 2.52. The molecule has 1 aliphatic rings. The fourth-order valence-electron chi connectivity index (χ4n) is 1.69. The average molecular weight is 206 g/mol. The standard InChI is InChI=1S/C13H18S/c1-13(2,3)9-11(10-6-7-10)12-5-4-8-14-12/h4-5,8-10H,6-7H2,1-3H3/b11-9+. The van der Waals surface area contributed by atoms with Gasteiger partial charge < -0.3 is 0 Å². The summed E-state index contributed by atoms with van der Waals surface area (Å²) in [5.74, 6) is 0.855. The van der Waals surface area contributed by atoms with Gasteiger partial charge >= 0.3 is 0 Å². The molecule has 0 N–H and O–H groups in total. The fraction of sp³-hybridized carbons (Fsp3) is 0.538. The Labute approximate surface area is 90.7 Å². The third-order valence-electron chi connectivity index (χ3n) is 2.41. The van der Waals surface area contributed by atoms with E-state index in [9.17, 15) is 0 Å². The highest BCUT2D eigenvalue weighted by Gasteiger charge is 2.28. The molecule has 1 heteroatoms. The molecule has 0 spiro atoms. The van der Waals surface area contributed by atoms with Crippen LogP contribution in [0.15, 0.2) is 23.6 Å². The van der Waals surface area contributed by atoms with Crippen molar-refractivity contribution in [3.63, 3.8) is 0 Å². The van der Waals surface area contributed by atoms with Gasteiger partial charge in [-0.25, -0.2) is 0 Å². The van der Waals surface area contributed by atoms with E-state index in [0.29, 0.717) is 5.41 Å². The molecule has 1 heterocycles. The smallest absolute Gasteiger partial charge is 0.0302 e. The molecular weight excluding hydrogens is 188 g/mol. The second-order valence-corrected chi connectivity index (χ2v) is 6.16. The summed E-state index contributed by atoms with van der Waals surface area (Å²) in [6.07, 6.45) is 5.23. The van der Waals surface area contributed by atoms with Crippen LogP contribution < -0.4 is 0 Å². The molecule has 1 aliphatic carbocycles. The van der Waals surface area contributed by atoms with Crippen molar-refractivity contribution in [1.29, 1.82) is 0 Å². The van der Waals surface area contributed by atoms with Crippen molar-refractivity contribution in [3.8, 4) is 0 Å². The van der Waals surface area contributed by atoms with Crippen LogP contribution in [0, 0.1) is 11.3 Å². The van der Waals surface area contributed by atoms with E-state index in [4.69, 9.17) is 0 Å². The highest BCUT2D eigenvalue weighted by molar-refractivity contribution is 7.11. The van der Waals surface area contributed by atoms with E-state index in [-0.39, 0.29) is 0 Å². The molecule has 2 rings (SSSR count). The third-order valence-corrected chi connectivity index (χ3v) is 3.33. The van der Waals surface area contributed by atoms with Crippen LogP contribution in [0.1, 0.15) is 38.5 Å². The number of hydrogen-bond donors (Lipinski definition) is 0. The van der Waals surface area contributed by atoms with Crippen molar-refractivity contribution >= 4 is 16.9 Å². The first-order chi connectivity index (χ1) is 6.56. The summed E-state index contributed by atoms with van der Waals surface area (Å²) in [4.78, 5) is 1.47. The molecule has 0 bridgehead atoms. The van der Waals surface area contributed by atoms with Gasteiger partial charge in [0.25, 0.3) is 0 Å². The highest BCUT2D eigenvalue weighted by atomic mass is 32.1. The second kappa shape index (κ2) is 3.54. The Morgan fingerprint density at radius 3 is 2.57 bits per heavy atom. The predicted molar refractivity (Wildman–Crippen MR) is 64.5 cm³/mol. The first-order valence-corrected chi connectivity index (χ1v) is 6.21. The minimum Gasteiger partial charge on any atom is -0.144 e. The van der Waals surface area contributed by atoms with Crippen LogP contribution in [0.4, 0.5) is 0 Å². The number of thiophene rings is 1. The lowest BCUT2D eigenvalue weighted by Crippen LogP contribution is -2.01. The van der Waals surface area contributed by atoms with E-state index >= 15 is 0 Å². The van der Waals surface area contributed by atoms with Crippen LogP contribution in [-0.2, 0) is 0 Å². The van der Waals surface area contributed by atoms with E-state index in [1.807, 2.05) is 11.3 Å². The molecular formula is C13H18S. The summed E-state index contributed by atoms with van der Waals surface area (Å²) < 4.78 is 0. The molecule has 0 radical (unpaired) electrons. The lowest BCUT2D eigenvalue weighted by atomic mass is 9.91. The second-order valence-electron chi connectivity index (χ2n) is 5.22. The van der Waals surface area contributed by atoms with Crippen molar-refractivity contribution < 1.29 is 0 Å². The van der Waals surface area contributed by atoms with E-state index in [0.717, 1.165) is 5.92 Å². The quantitative estimate of drug-likeness (QED) is 0.664. The van der Waals surface area contributed by atoms with Crippen LogP contribution in [0.2, 0.25) is 0 Å². The van der Waals surface area contributed by atoms with Crippen molar-refractivity contribution in [2.75, 3.05) is 0 Å². The zero-order valence-electron chi connectivity index (χ0n) is 9.21. The van der Waals surface area contributed by atoms with Gasteiger partial charge in [0.1, 0.15) is 0 Å². The zero-order chi connectivity index (χ0) is 10.2. The van der Waals surface area contributed by atoms with E-state index in [1.54, 1.807) is 5.57 Å². The maximum absolute atomic E-state index is 2.45. The van der Waals surface area contributed by atoms with Gasteiger partial charge in [0.15, 0.2) is 0 Å². The van der Waals surface area contributed by atoms with Crippen molar-refractivity contribution in [3.05, 3.63) is 28.5 Å². The summed E-state index contributed by atoms with van der Waals surface area (Å²) in [7, 11) is 0. The number of rotatable bonds is 2. The van der Waals surface area contributed by atoms with Crippen molar-refractivity contribution in [2.45, 2.75) is 33.6 Å². The minimum absolute atomic E-state index is 0.307. The molecule has 0 atom stereocenters. The Balaban J connectivity index is 2.29. The highest BCUT2D eigenvalue weighted by Crippen LogP contribution is 2.44. The molecule has 1 fully saturated rings. The lowest BCUT2D eigenvalue weighted by Gasteiger charge is -2.15. The zero-order valence-corrected chi connectivity index (χ0v) is 10.0. The van der Waals surface area contributed by atoms with Crippen LogP contribution in [0.5, 0.6) is 0 Å². The Bertz CT molecular complexity index is 321. The van der Waals surface area contributed by atoms with Gasteiger partial charge in [-0.05, 0) is 41.2 Å². The summed E-state index contributed by atoms with van der Waals surface area (Å²) in [6.45, 7) is 6.84. The molecule has 0 aromatic carbocycles. The maximum atomic E-state index is 2.45. The van der Waals surface area contributed by atoms with Gasteiger partial charge in [-0.3, -0.25) is 0 Å². The predicted octanol–water partition coefficient (Wildman–Crippen LogP) is 4.59. The van der Waals surface area contributed by atoms with Crippen LogP contribution in [0.3, 0.4) is 0 Å². The first kappa shape index (κ1) is 9.97. The lowest BCUT2D eigenvalue weighted by molar-refractivity contribution is 0.544. The molecule has 1 saturated carbocycles.